The molecule has 0 saturated heterocycles. The molecule has 0 aliphatic carbocycles. The third kappa shape index (κ3) is 4.62. The second kappa shape index (κ2) is 9.48. The lowest BCUT2D eigenvalue weighted by atomic mass is 10.1. The molecule has 33 heavy (non-hydrogen) atoms. The summed E-state index contributed by atoms with van der Waals surface area (Å²) in [5.74, 6) is 1.30. The summed E-state index contributed by atoms with van der Waals surface area (Å²) in [4.78, 5) is 17.0. The van der Waals surface area contributed by atoms with Gasteiger partial charge in [-0.3, -0.25) is 0 Å². The second-order valence-electron chi connectivity index (χ2n) is 7.00. The van der Waals surface area contributed by atoms with Crippen molar-refractivity contribution < 1.29 is 13.9 Å². The molecule has 4 rings (SSSR count). The molecule has 0 saturated carbocycles. The molecule has 2 aromatic heterocycles. The van der Waals surface area contributed by atoms with Gasteiger partial charge in [-0.2, -0.15) is 5.26 Å². The average molecular weight is 524 g/mol. The number of benzene rings is 2. The minimum absolute atomic E-state index is 0.306. The molecule has 2 aromatic carbocycles. The van der Waals surface area contributed by atoms with Crippen LogP contribution in [0, 0.1) is 18.3 Å². The highest BCUT2D eigenvalue weighted by Crippen LogP contribution is 2.33. The summed E-state index contributed by atoms with van der Waals surface area (Å²) in [6.45, 7) is 1.92. The van der Waals surface area contributed by atoms with Crippen LogP contribution < -0.4 is 20.4 Å². The Morgan fingerprint density at radius 2 is 2.00 bits per heavy atom. The zero-order valence-corrected chi connectivity index (χ0v) is 20.3. The van der Waals surface area contributed by atoms with Gasteiger partial charge >= 0.3 is 5.63 Å². The van der Waals surface area contributed by atoms with Gasteiger partial charge in [0, 0.05) is 27.5 Å². The molecule has 0 amide bonds. The molecule has 0 radical (unpaired) electrons. The van der Waals surface area contributed by atoms with Crippen LogP contribution in [0.25, 0.3) is 27.8 Å². The first-order chi connectivity index (χ1) is 15.9. The molecular formula is C24H18BrN3O4S. The minimum atomic E-state index is -0.487. The van der Waals surface area contributed by atoms with E-state index in [4.69, 9.17) is 13.9 Å². The molecule has 4 aromatic rings. The van der Waals surface area contributed by atoms with E-state index in [9.17, 15) is 10.1 Å². The molecular weight excluding hydrogens is 506 g/mol. The molecule has 7 nitrogen and oxygen atoms in total. The van der Waals surface area contributed by atoms with Crippen molar-refractivity contribution in [3.05, 3.63) is 73.4 Å². The Hall–Kier alpha value is -3.61. The molecule has 0 spiro atoms. The van der Waals surface area contributed by atoms with Gasteiger partial charge in [-0.15, -0.1) is 11.3 Å². The number of hydrogen-bond acceptors (Lipinski definition) is 8. The zero-order chi connectivity index (χ0) is 23.5. The summed E-state index contributed by atoms with van der Waals surface area (Å²) in [5, 5.41) is 15.8. The summed E-state index contributed by atoms with van der Waals surface area (Å²) in [7, 11) is 3.16. The molecule has 0 unspecified atom stereocenters. The summed E-state index contributed by atoms with van der Waals surface area (Å²) in [6.07, 6.45) is 1.55. The third-order valence-electron chi connectivity index (χ3n) is 4.91. The van der Waals surface area contributed by atoms with Gasteiger partial charge in [-0.1, -0.05) is 15.9 Å². The number of nitrogens with one attached hydrogen (secondary N) is 1. The molecule has 0 aliphatic rings. The number of halogens is 1. The van der Waals surface area contributed by atoms with Crippen molar-refractivity contribution in [2.24, 2.45) is 0 Å². The Balaban J connectivity index is 1.67. The SMILES string of the molecule is COc1cc(N/C=C(/C#N)c2nc(-c3cc4cc(Br)ccc4oc3=O)cs2)c(OC)cc1C. The van der Waals surface area contributed by atoms with Gasteiger partial charge in [-0.25, -0.2) is 9.78 Å². The number of thiazole rings is 1. The van der Waals surface area contributed by atoms with E-state index in [1.54, 1.807) is 44.0 Å². The number of allylic oxidation sites excluding steroid dienone is 1. The Morgan fingerprint density at radius 3 is 2.73 bits per heavy atom. The largest absolute Gasteiger partial charge is 0.496 e. The normalized spacial score (nSPS) is 11.3. The number of hydrogen-bond donors (Lipinski definition) is 1. The Labute approximate surface area is 202 Å². The lowest BCUT2D eigenvalue weighted by Crippen LogP contribution is -2.03. The maximum absolute atomic E-state index is 12.5. The number of aryl methyl sites for hydroxylation is 1. The van der Waals surface area contributed by atoms with Crippen molar-refractivity contribution in [3.8, 4) is 28.8 Å². The molecule has 0 fully saturated rings. The van der Waals surface area contributed by atoms with Gasteiger partial charge in [0.2, 0.25) is 0 Å². The van der Waals surface area contributed by atoms with Gasteiger partial charge in [0.1, 0.15) is 33.7 Å². The molecule has 1 N–H and O–H groups in total. The fourth-order valence-electron chi connectivity index (χ4n) is 3.25. The monoisotopic (exact) mass is 523 g/mol. The zero-order valence-electron chi connectivity index (χ0n) is 17.9. The molecule has 9 heteroatoms. The van der Waals surface area contributed by atoms with Crippen molar-refractivity contribution in [1.29, 1.82) is 5.26 Å². The number of nitriles is 1. The summed E-state index contributed by atoms with van der Waals surface area (Å²) >= 11 is 4.69. The number of fused-ring (bicyclic) bond motifs is 1. The quantitative estimate of drug-likeness (QED) is 0.245. The first kappa shape index (κ1) is 22.6. The Bertz CT molecular complexity index is 1480. The van der Waals surface area contributed by atoms with Crippen LogP contribution >= 0.6 is 27.3 Å². The van der Waals surface area contributed by atoms with E-state index in [0.717, 1.165) is 15.4 Å². The van der Waals surface area contributed by atoms with Crippen LogP contribution in [0.2, 0.25) is 0 Å². The Kier molecular flexibility index (Phi) is 6.49. The van der Waals surface area contributed by atoms with E-state index in [-0.39, 0.29) is 0 Å². The smallest absolute Gasteiger partial charge is 0.345 e. The van der Waals surface area contributed by atoms with Gasteiger partial charge in [0.05, 0.1) is 31.2 Å². The van der Waals surface area contributed by atoms with Crippen LogP contribution in [-0.2, 0) is 0 Å². The van der Waals surface area contributed by atoms with Crippen LogP contribution in [0.5, 0.6) is 11.5 Å². The van der Waals surface area contributed by atoms with Crippen molar-refractivity contribution in [2.75, 3.05) is 19.5 Å². The van der Waals surface area contributed by atoms with E-state index in [1.165, 1.54) is 11.3 Å². The fourth-order valence-corrected chi connectivity index (χ4v) is 4.41. The highest BCUT2D eigenvalue weighted by molar-refractivity contribution is 9.10. The molecule has 0 aliphatic heterocycles. The van der Waals surface area contributed by atoms with Gasteiger partial charge < -0.3 is 19.2 Å². The summed E-state index contributed by atoms with van der Waals surface area (Å²) in [5.41, 5.74) is 2.66. The lowest BCUT2D eigenvalue weighted by Gasteiger charge is -2.12. The number of rotatable bonds is 6. The lowest BCUT2D eigenvalue weighted by molar-refractivity contribution is 0.402. The molecule has 0 bridgehead atoms. The van der Waals surface area contributed by atoms with E-state index in [2.05, 4.69) is 32.3 Å². The third-order valence-corrected chi connectivity index (χ3v) is 6.28. The van der Waals surface area contributed by atoms with Crippen molar-refractivity contribution in [1.82, 2.24) is 4.98 Å². The van der Waals surface area contributed by atoms with Gasteiger partial charge in [-0.05, 0) is 42.8 Å². The topological polar surface area (TPSA) is 97.4 Å². The summed E-state index contributed by atoms with van der Waals surface area (Å²) in [6, 6.07) is 12.9. The predicted octanol–water partition coefficient (Wildman–Crippen LogP) is 5.98. The minimum Gasteiger partial charge on any atom is -0.496 e. The maximum atomic E-state index is 12.5. The first-order valence-corrected chi connectivity index (χ1v) is 11.4. The average Bonchev–Trinajstić information content (AvgIpc) is 3.29. The van der Waals surface area contributed by atoms with Crippen LogP contribution in [0.4, 0.5) is 5.69 Å². The van der Waals surface area contributed by atoms with Crippen molar-refractivity contribution in [3.63, 3.8) is 0 Å². The van der Waals surface area contributed by atoms with Gasteiger partial charge in [0.25, 0.3) is 0 Å². The number of aromatic nitrogens is 1. The highest BCUT2D eigenvalue weighted by Gasteiger charge is 2.15. The predicted molar refractivity (Wildman–Crippen MR) is 133 cm³/mol. The van der Waals surface area contributed by atoms with E-state index in [1.807, 2.05) is 25.1 Å². The number of anilines is 1. The van der Waals surface area contributed by atoms with E-state index in [0.29, 0.717) is 44.6 Å². The Morgan fingerprint density at radius 1 is 1.21 bits per heavy atom. The van der Waals surface area contributed by atoms with Gasteiger partial charge in [0.15, 0.2) is 0 Å². The number of methoxy groups -OCH3 is 2. The second-order valence-corrected chi connectivity index (χ2v) is 8.78. The number of nitrogens with zero attached hydrogens (tertiary/aromatic N) is 2. The fraction of sp³-hybridized carbons (Fsp3) is 0.125. The van der Waals surface area contributed by atoms with Crippen LogP contribution in [-0.4, -0.2) is 19.2 Å². The molecule has 166 valence electrons. The maximum Gasteiger partial charge on any atom is 0.345 e. The van der Waals surface area contributed by atoms with Crippen LogP contribution in [0.1, 0.15) is 10.6 Å². The van der Waals surface area contributed by atoms with Crippen LogP contribution in [0.15, 0.2) is 61.7 Å². The van der Waals surface area contributed by atoms with Crippen molar-refractivity contribution >= 4 is 49.5 Å². The van der Waals surface area contributed by atoms with Crippen molar-refractivity contribution in [2.45, 2.75) is 6.92 Å². The summed E-state index contributed by atoms with van der Waals surface area (Å²) < 4.78 is 17.1. The number of ether oxygens (including phenoxy) is 2. The molecule has 0 atom stereocenters. The highest BCUT2D eigenvalue weighted by atomic mass is 79.9. The first-order valence-electron chi connectivity index (χ1n) is 9.72. The van der Waals surface area contributed by atoms with E-state index < -0.39 is 5.63 Å². The van der Waals surface area contributed by atoms with Crippen LogP contribution in [0.3, 0.4) is 0 Å². The molecule has 2 heterocycles. The van der Waals surface area contributed by atoms with E-state index >= 15 is 0 Å². The standard InChI is InChI=1S/C24H18BrN3O4S/c1-13-6-22(31-3)18(9-21(13)30-2)27-11-15(10-26)23-28-19(12-33-23)17-8-14-7-16(25)4-5-20(14)32-24(17)29/h4-9,11-12,27H,1-3H3/b15-11-.